The third kappa shape index (κ3) is 3.69. The van der Waals surface area contributed by atoms with E-state index in [0.29, 0.717) is 0 Å². The number of alkyl halides is 3. The van der Waals surface area contributed by atoms with Gasteiger partial charge in [0, 0.05) is 6.61 Å². The fraction of sp³-hybridized carbons (Fsp3) is 0.455. The first-order chi connectivity index (χ1) is 7.86. The van der Waals surface area contributed by atoms with E-state index in [0.717, 1.165) is 24.3 Å². The highest BCUT2D eigenvalue weighted by Gasteiger charge is 2.30. The molecule has 0 amide bonds. The summed E-state index contributed by atoms with van der Waals surface area (Å²) in [4.78, 5) is 0. The molecule has 0 radical (unpaired) electrons. The fourth-order valence-corrected chi connectivity index (χ4v) is 1.38. The van der Waals surface area contributed by atoms with Crippen molar-refractivity contribution in [1.29, 1.82) is 0 Å². The smallest absolute Gasteiger partial charge is 0.396 e. The van der Waals surface area contributed by atoms with E-state index in [1.807, 2.05) is 0 Å². The van der Waals surface area contributed by atoms with Crippen molar-refractivity contribution in [3.05, 3.63) is 35.4 Å². The van der Waals surface area contributed by atoms with Crippen LogP contribution in [0.5, 0.6) is 0 Å². The Hall–Kier alpha value is -1.11. The Morgan fingerprint density at radius 1 is 1.06 bits per heavy atom. The molecule has 0 spiro atoms. The van der Waals surface area contributed by atoms with Crippen molar-refractivity contribution in [1.82, 2.24) is 0 Å². The van der Waals surface area contributed by atoms with E-state index in [2.05, 4.69) is 0 Å². The average molecular weight is 250 g/mol. The lowest BCUT2D eigenvalue weighted by atomic mass is 10.0. The van der Waals surface area contributed by atoms with E-state index in [1.54, 1.807) is 0 Å². The zero-order chi connectivity index (χ0) is 13.1. The second kappa shape index (κ2) is 5.48. The molecular weight excluding hydrogens is 237 g/mol. The summed E-state index contributed by atoms with van der Waals surface area (Å²) in [6.45, 7) is -0.307. The van der Waals surface area contributed by atoms with Crippen LogP contribution in [0.3, 0.4) is 0 Å². The van der Waals surface area contributed by atoms with E-state index in [9.17, 15) is 23.4 Å². The molecule has 17 heavy (non-hydrogen) atoms. The number of rotatable bonds is 4. The Balaban J connectivity index is 2.80. The molecule has 1 aromatic rings. The first-order valence-corrected chi connectivity index (χ1v) is 5.00. The summed E-state index contributed by atoms with van der Waals surface area (Å²) in [7, 11) is 0. The van der Waals surface area contributed by atoms with Crippen molar-refractivity contribution < 1.29 is 28.5 Å². The van der Waals surface area contributed by atoms with Crippen molar-refractivity contribution in [3.63, 3.8) is 0 Å². The Morgan fingerprint density at radius 3 is 2.00 bits per heavy atom. The lowest BCUT2D eigenvalue weighted by Crippen LogP contribution is -2.19. The average Bonchev–Trinajstić information content (AvgIpc) is 2.27. The molecule has 6 heteroatoms. The Bertz CT molecular complexity index is 348. The molecule has 0 fully saturated rings. The van der Waals surface area contributed by atoms with Gasteiger partial charge in [-0.1, -0.05) is 12.1 Å². The molecule has 96 valence electrons. The minimum atomic E-state index is -4.42. The van der Waals surface area contributed by atoms with Gasteiger partial charge < -0.3 is 15.3 Å². The SMILES string of the molecule is OCCC(O)C(O)c1ccc(C(F)(F)F)cc1. The topological polar surface area (TPSA) is 60.7 Å². The number of hydrogen-bond donors (Lipinski definition) is 3. The minimum Gasteiger partial charge on any atom is -0.396 e. The molecule has 1 rings (SSSR count). The summed E-state index contributed by atoms with van der Waals surface area (Å²) in [6, 6.07) is 3.89. The molecule has 3 nitrogen and oxygen atoms in total. The van der Waals surface area contributed by atoms with Gasteiger partial charge in [-0.3, -0.25) is 0 Å². The van der Waals surface area contributed by atoms with Crippen LogP contribution in [-0.2, 0) is 6.18 Å². The van der Waals surface area contributed by atoms with Crippen molar-refractivity contribution >= 4 is 0 Å². The second-order valence-electron chi connectivity index (χ2n) is 3.64. The summed E-state index contributed by atoms with van der Waals surface area (Å²) < 4.78 is 36.8. The molecule has 3 N–H and O–H groups in total. The van der Waals surface area contributed by atoms with Crippen LogP contribution >= 0.6 is 0 Å². The van der Waals surface area contributed by atoms with E-state index in [-0.39, 0.29) is 18.6 Å². The highest BCUT2D eigenvalue weighted by Crippen LogP contribution is 2.30. The summed E-state index contributed by atoms with van der Waals surface area (Å²) >= 11 is 0. The number of hydrogen-bond acceptors (Lipinski definition) is 3. The molecule has 0 aliphatic carbocycles. The largest absolute Gasteiger partial charge is 0.416 e. The van der Waals surface area contributed by atoms with Gasteiger partial charge in [-0.15, -0.1) is 0 Å². The van der Waals surface area contributed by atoms with Gasteiger partial charge in [-0.2, -0.15) is 13.2 Å². The van der Waals surface area contributed by atoms with Gasteiger partial charge in [0.1, 0.15) is 6.10 Å². The van der Waals surface area contributed by atoms with Crippen molar-refractivity contribution in [2.75, 3.05) is 6.61 Å². The fourth-order valence-electron chi connectivity index (χ4n) is 1.38. The molecule has 0 aliphatic heterocycles. The summed E-state index contributed by atoms with van der Waals surface area (Å²) in [5.41, 5.74) is -0.635. The predicted octanol–water partition coefficient (Wildman–Crippen LogP) is 1.48. The zero-order valence-electron chi connectivity index (χ0n) is 8.85. The maximum atomic E-state index is 12.3. The third-order valence-electron chi connectivity index (χ3n) is 2.37. The maximum Gasteiger partial charge on any atom is 0.416 e. The van der Waals surface area contributed by atoms with Crippen molar-refractivity contribution in [2.24, 2.45) is 0 Å². The Labute approximate surface area is 96.1 Å². The molecule has 2 unspecified atom stereocenters. The molecule has 1 aromatic carbocycles. The number of aliphatic hydroxyl groups excluding tert-OH is 3. The van der Waals surface area contributed by atoms with Gasteiger partial charge in [0.25, 0.3) is 0 Å². The molecule has 0 saturated heterocycles. The van der Waals surface area contributed by atoms with Gasteiger partial charge >= 0.3 is 6.18 Å². The van der Waals surface area contributed by atoms with Crippen LogP contribution in [0.1, 0.15) is 23.7 Å². The van der Waals surface area contributed by atoms with Crippen molar-refractivity contribution in [3.8, 4) is 0 Å². The minimum absolute atomic E-state index is 0.0395. The van der Waals surface area contributed by atoms with Gasteiger partial charge in [-0.05, 0) is 24.1 Å². The summed E-state index contributed by atoms with van der Waals surface area (Å²) in [6.07, 6.45) is -6.96. The molecule has 2 atom stereocenters. The van der Waals surface area contributed by atoms with Gasteiger partial charge in [0.15, 0.2) is 0 Å². The van der Waals surface area contributed by atoms with Crippen LogP contribution in [0, 0.1) is 0 Å². The third-order valence-corrected chi connectivity index (χ3v) is 2.37. The number of aliphatic hydroxyl groups is 3. The monoisotopic (exact) mass is 250 g/mol. The summed E-state index contributed by atoms with van der Waals surface area (Å²) in [5.74, 6) is 0. The molecule has 0 aliphatic rings. The molecular formula is C11H13F3O3. The standard InChI is InChI=1S/C11H13F3O3/c12-11(13,14)8-3-1-7(2-4-8)10(17)9(16)5-6-15/h1-4,9-10,15-17H,5-6H2. The lowest BCUT2D eigenvalue weighted by Gasteiger charge is -2.17. The van der Waals surface area contributed by atoms with Crippen LogP contribution in [0.15, 0.2) is 24.3 Å². The van der Waals surface area contributed by atoms with E-state index < -0.39 is 23.9 Å². The van der Waals surface area contributed by atoms with Gasteiger partial charge in [0.05, 0.1) is 11.7 Å². The molecule has 0 heterocycles. The Morgan fingerprint density at radius 2 is 1.59 bits per heavy atom. The van der Waals surface area contributed by atoms with E-state index in [4.69, 9.17) is 5.11 Å². The maximum absolute atomic E-state index is 12.3. The predicted molar refractivity (Wildman–Crippen MR) is 54.1 cm³/mol. The van der Waals surface area contributed by atoms with Crippen molar-refractivity contribution in [2.45, 2.75) is 24.8 Å². The second-order valence-corrected chi connectivity index (χ2v) is 3.64. The van der Waals surface area contributed by atoms with E-state index in [1.165, 1.54) is 0 Å². The quantitative estimate of drug-likeness (QED) is 0.758. The number of halogens is 3. The highest BCUT2D eigenvalue weighted by molar-refractivity contribution is 5.26. The van der Waals surface area contributed by atoms with Crippen LogP contribution in [0.4, 0.5) is 13.2 Å². The molecule has 0 aromatic heterocycles. The normalized spacial score (nSPS) is 15.6. The van der Waals surface area contributed by atoms with Gasteiger partial charge in [-0.25, -0.2) is 0 Å². The number of benzene rings is 1. The van der Waals surface area contributed by atoms with Crippen LogP contribution in [0.2, 0.25) is 0 Å². The Kier molecular flexibility index (Phi) is 4.50. The van der Waals surface area contributed by atoms with Crippen LogP contribution in [0.25, 0.3) is 0 Å². The van der Waals surface area contributed by atoms with Gasteiger partial charge in [0.2, 0.25) is 0 Å². The molecule has 0 bridgehead atoms. The highest BCUT2D eigenvalue weighted by atomic mass is 19.4. The molecule has 0 saturated carbocycles. The first kappa shape index (κ1) is 14.0. The zero-order valence-corrected chi connectivity index (χ0v) is 8.85. The summed E-state index contributed by atoms with van der Waals surface area (Å²) in [5, 5.41) is 27.5. The van der Waals surface area contributed by atoms with E-state index >= 15 is 0 Å². The lowest BCUT2D eigenvalue weighted by molar-refractivity contribution is -0.137. The van der Waals surface area contributed by atoms with Crippen LogP contribution < -0.4 is 0 Å². The first-order valence-electron chi connectivity index (χ1n) is 5.00. The van der Waals surface area contributed by atoms with Crippen LogP contribution in [-0.4, -0.2) is 28.0 Å².